The summed E-state index contributed by atoms with van der Waals surface area (Å²) < 4.78 is 25.2. The van der Waals surface area contributed by atoms with Gasteiger partial charge >= 0.3 is 0 Å². The molecular formula is C15H21ClN2O3S. The molecule has 0 unspecified atom stereocenters. The lowest BCUT2D eigenvalue weighted by atomic mass is 10.1. The van der Waals surface area contributed by atoms with Crippen molar-refractivity contribution in [3.8, 4) is 0 Å². The zero-order valence-electron chi connectivity index (χ0n) is 12.7. The van der Waals surface area contributed by atoms with Gasteiger partial charge in [-0.25, -0.2) is 8.42 Å². The average Bonchev–Trinajstić information content (AvgIpc) is 2.48. The minimum atomic E-state index is -3.44. The van der Waals surface area contributed by atoms with Crippen molar-refractivity contribution in [3.63, 3.8) is 0 Å². The molecule has 0 bridgehead atoms. The lowest BCUT2D eigenvalue weighted by molar-refractivity contribution is -0.131. The van der Waals surface area contributed by atoms with Crippen LogP contribution in [0.2, 0.25) is 5.02 Å². The number of rotatable bonds is 5. The van der Waals surface area contributed by atoms with Gasteiger partial charge in [-0.2, -0.15) is 0 Å². The number of sulfonamides is 1. The number of carbonyl (C=O) groups is 1. The molecular weight excluding hydrogens is 324 g/mol. The van der Waals surface area contributed by atoms with E-state index in [9.17, 15) is 13.2 Å². The second kappa shape index (κ2) is 7.33. The Morgan fingerprint density at radius 2 is 1.77 bits per heavy atom. The first-order chi connectivity index (χ1) is 10.4. The van der Waals surface area contributed by atoms with E-state index in [4.69, 9.17) is 11.6 Å². The van der Waals surface area contributed by atoms with Crippen molar-refractivity contribution in [2.75, 3.05) is 30.2 Å². The summed E-state index contributed by atoms with van der Waals surface area (Å²) in [4.78, 5) is 14.0. The van der Waals surface area contributed by atoms with Crippen LogP contribution in [0.5, 0.6) is 0 Å². The molecule has 5 nitrogen and oxygen atoms in total. The van der Waals surface area contributed by atoms with Crippen LogP contribution in [-0.2, 0) is 14.8 Å². The van der Waals surface area contributed by atoms with E-state index >= 15 is 0 Å². The van der Waals surface area contributed by atoms with Gasteiger partial charge in [-0.3, -0.25) is 9.10 Å². The van der Waals surface area contributed by atoms with Crippen molar-refractivity contribution in [3.05, 3.63) is 29.3 Å². The van der Waals surface area contributed by atoms with Crippen molar-refractivity contribution in [2.24, 2.45) is 0 Å². The fourth-order valence-electron chi connectivity index (χ4n) is 2.59. The summed E-state index contributed by atoms with van der Waals surface area (Å²) in [5.41, 5.74) is 0.526. The molecule has 0 atom stereocenters. The maximum atomic E-state index is 12.2. The highest BCUT2D eigenvalue weighted by atomic mass is 35.5. The topological polar surface area (TPSA) is 57.7 Å². The van der Waals surface area contributed by atoms with Gasteiger partial charge in [0.1, 0.15) is 0 Å². The van der Waals surface area contributed by atoms with Crippen LogP contribution in [-0.4, -0.2) is 45.1 Å². The van der Waals surface area contributed by atoms with Gasteiger partial charge in [0.15, 0.2) is 0 Å². The highest BCUT2D eigenvalue weighted by molar-refractivity contribution is 7.92. The van der Waals surface area contributed by atoms with Crippen molar-refractivity contribution in [2.45, 2.75) is 25.7 Å². The molecule has 1 amide bonds. The predicted octanol–water partition coefficient (Wildman–Crippen LogP) is 2.51. The van der Waals surface area contributed by atoms with E-state index in [1.54, 1.807) is 24.3 Å². The monoisotopic (exact) mass is 344 g/mol. The molecule has 1 aromatic carbocycles. The highest BCUT2D eigenvalue weighted by Gasteiger charge is 2.21. The van der Waals surface area contributed by atoms with Crippen molar-refractivity contribution >= 4 is 33.2 Å². The van der Waals surface area contributed by atoms with Gasteiger partial charge in [-0.05, 0) is 43.5 Å². The summed E-state index contributed by atoms with van der Waals surface area (Å²) in [6.45, 7) is 1.70. The predicted molar refractivity (Wildman–Crippen MR) is 88.7 cm³/mol. The summed E-state index contributed by atoms with van der Waals surface area (Å²) in [6.07, 6.45) is 4.55. The number of likely N-dealkylation sites (tertiary alicyclic amines) is 1. The molecule has 0 radical (unpaired) electrons. The minimum absolute atomic E-state index is 0.0160. The van der Waals surface area contributed by atoms with E-state index in [1.807, 2.05) is 4.90 Å². The SMILES string of the molecule is CS(=O)(=O)N(CCC(=O)N1CCCCC1)c1ccc(Cl)cc1. The Balaban J connectivity index is 2.04. The van der Waals surface area contributed by atoms with Crippen molar-refractivity contribution in [1.29, 1.82) is 0 Å². The number of anilines is 1. The Labute approximate surface area is 136 Å². The van der Waals surface area contributed by atoms with E-state index < -0.39 is 10.0 Å². The fourth-order valence-corrected chi connectivity index (χ4v) is 3.65. The van der Waals surface area contributed by atoms with E-state index in [0.717, 1.165) is 38.6 Å². The smallest absolute Gasteiger partial charge is 0.232 e. The molecule has 1 aromatic rings. The molecule has 122 valence electrons. The van der Waals surface area contributed by atoms with Crippen LogP contribution >= 0.6 is 11.6 Å². The number of nitrogens with zero attached hydrogens (tertiary/aromatic N) is 2. The summed E-state index contributed by atoms with van der Waals surface area (Å²) in [5, 5.41) is 0.543. The number of hydrogen-bond acceptors (Lipinski definition) is 3. The maximum Gasteiger partial charge on any atom is 0.232 e. The van der Waals surface area contributed by atoms with Crippen LogP contribution < -0.4 is 4.31 Å². The summed E-state index contributed by atoms with van der Waals surface area (Å²) in [5.74, 6) is 0.0160. The molecule has 1 aliphatic heterocycles. The van der Waals surface area contributed by atoms with E-state index in [0.29, 0.717) is 10.7 Å². The molecule has 1 saturated heterocycles. The van der Waals surface area contributed by atoms with Gasteiger partial charge in [0.25, 0.3) is 0 Å². The minimum Gasteiger partial charge on any atom is -0.343 e. The molecule has 2 rings (SSSR count). The molecule has 0 aliphatic carbocycles. The first kappa shape index (κ1) is 17.1. The summed E-state index contributed by atoms with van der Waals surface area (Å²) in [6, 6.07) is 6.58. The quantitative estimate of drug-likeness (QED) is 0.824. The average molecular weight is 345 g/mol. The van der Waals surface area contributed by atoms with Gasteiger partial charge in [-0.1, -0.05) is 11.6 Å². The van der Waals surface area contributed by atoms with Crippen LogP contribution in [0.3, 0.4) is 0 Å². The summed E-state index contributed by atoms with van der Waals surface area (Å²) >= 11 is 5.83. The molecule has 0 spiro atoms. The maximum absolute atomic E-state index is 12.2. The lowest BCUT2D eigenvalue weighted by Gasteiger charge is -2.28. The van der Waals surface area contributed by atoms with Gasteiger partial charge in [-0.15, -0.1) is 0 Å². The molecule has 22 heavy (non-hydrogen) atoms. The van der Waals surface area contributed by atoms with Crippen molar-refractivity contribution < 1.29 is 13.2 Å². The molecule has 7 heteroatoms. The van der Waals surface area contributed by atoms with Gasteiger partial charge in [0.05, 0.1) is 11.9 Å². The number of halogens is 1. The standard InChI is InChI=1S/C15H21ClN2O3S/c1-22(20,21)18(14-7-5-13(16)6-8-14)12-9-15(19)17-10-3-2-4-11-17/h5-8H,2-4,9-12H2,1H3. The van der Waals surface area contributed by atoms with Gasteiger partial charge < -0.3 is 4.90 Å². The first-order valence-electron chi connectivity index (χ1n) is 7.39. The Kier molecular flexibility index (Phi) is 5.69. The Morgan fingerprint density at radius 1 is 1.18 bits per heavy atom. The zero-order valence-corrected chi connectivity index (χ0v) is 14.2. The number of carbonyl (C=O) groups excluding carboxylic acids is 1. The largest absolute Gasteiger partial charge is 0.343 e. The third-order valence-corrected chi connectivity index (χ3v) is 5.20. The van der Waals surface area contributed by atoms with E-state index in [-0.39, 0.29) is 18.9 Å². The molecule has 1 heterocycles. The number of piperidine rings is 1. The van der Waals surface area contributed by atoms with Crippen LogP contribution in [0.25, 0.3) is 0 Å². The van der Waals surface area contributed by atoms with Crippen LogP contribution in [0.15, 0.2) is 24.3 Å². The van der Waals surface area contributed by atoms with Crippen LogP contribution in [0.1, 0.15) is 25.7 Å². The molecule has 1 fully saturated rings. The Hall–Kier alpha value is -1.27. The first-order valence-corrected chi connectivity index (χ1v) is 9.61. The van der Waals surface area contributed by atoms with Gasteiger partial charge in [0.2, 0.25) is 15.9 Å². The van der Waals surface area contributed by atoms with E-state index in [1.165, 1.54) is 4.31 Å². The number of benzene rings is 1. The van der Waals surface area contributed by atoms with Crippen LogP contribution in [0.4, 0.5) is 5.69 Å². The fraction of sp³-hybridized carbons (Fsp3) is 0.533. The highest BCUT2D eigenvalue weighted by Crippen LogP contribution is 2.21. The summed E-state index contributed by atoms with van der Waals surface area (Å²) in [7, 11) is -3.44. The second-order valence-electron chi connectivity index (χ2n) is 5.50. The Bertz CT molecular complexity index is 610. The van der Waals surface area contributed by atoms with Crippen LogP contribution in [0, 0.1) is 0 Å². The molecule has 1 aliphatic rings. The number of hydrogen-bond donors (Lipinski definition) is 0. The normalized spacial score (nSPS) is 15.6. The van der Waals surface area contributed by atoms with Gasteiger partial charge in [0, 0.05) is 31.1 Å². The molecule has 0 aromatic heterocycles. The van der Waals surface area contributed by atoms with Crippen molar-refractivity contribution in [1.82, 2.24) is 4.90 Å². The molecule has 0 N–H and O–H groups in total. The van der Waals surface area contributed by atoms with E-state index in [2.05, 4.69) is 0 Å². The molecule has 0 saturated carbocycles. The third-order valence-electron chi connectivity index (χ3n) is 3.75. The lowest BCUT2D eigenvalue weighted by Crippen LogP contribution is -2.39. The zero-order chi connectivity index (χ0) is 16.2. The third kappa shape index (κ3) is 4.61. The Morgan fingerprint density at radius 3 is 2.32 bits per heavy atom. The number of amides is 1. The second-order valence-corrected chi connectivity index (χ2v) is 7.85.